The van der Waals surface area contributed by atoms with Crippen LogP contribution in [0, 0.1) is 6.92 Å². The molecule has 8 nitrogen and oxygen atoms in total. The standard InChI is InChI=1S/C20H20N4O4S/c1-13-8-9-14(20(25)26)12-17(13)29(27,28)23-18-19(24-10-4-5-11-24)22-16-7-3-2-6-15(16)21-18/h2-3,6-9,12H,4-5,10-11H2,1H3,(H,21,23)(H,25,26)/p-1. The Bertz CT molecular complexity index is 1200. The van der Waals surface area contributed by atoms with Gasteiger partial charge in [-0.05, 0) is 49.1 Å². The number of carbonyl (C=O) groups excluding carboxylic acids is 1. The highest BCUT2D eigenvalue weighted by Crippen LogP contribution is 2.30. The Kier molecular flexibility index (Phi) is 4.83. The number of rotatable bonds is 5. The SMILES string of the molecule is Cc1ccc(C(=O)[O-])cc1S(=O)(=O)Nc1nc2ccccc2nc1N1CCCC1. The molecule has 150 valence electrons. The normalized spacial score (nSPS) is 14.3. The predicted octanol–water partition coefficient (Wildman–Crippen LogP) is 1.70. The number of aromatic carboxylic acids is 1. The van der Waals surface area contributed by atoms with Gasteiger partial charge in [0.15, 0.2) is 11.6 Å². The fraction of sp³-hybridized carbons (Fsp3) is 0.250. The van der Waals surface area contributed by atoms with Gasteiger partial charge in [-0.3, -0.25) is 4.72 Å². The van der Waals surface area contributed by atoms with Crippen molar-refractivity contribution >= 4 is 38.7 Å². The highest BCUT2D eigenvalue weighted by atomic mass is 32.2. The number of aryl methyl sites for hydroxylation is 1. The summed E-state index contributed by atoms with van der Waals surface area (Å²) in [7, 11) is -4.09. The summed E-state index contributed by atoms with van der Waals surface area (Å²) in [5, 5.41) is 11.2. The summed E-state index contributed by atoms with van der Waals surface area (Å²) >= 11 is 0. The molecule has 3 aromatic rings. The van der Waals surface area contributed by atoms with Crippen LogP contribution in [0.25, 0.3) is 11.0 Å². The minimum atomic E-state index is -4.09. The van der Waals surface area contributed by atoms with Gasteiger partial charge in [0.05, 0.1) is 21.9 Å². The number of hydrogen-bond acceptors (Lipinski definition) is 7. The van der Waals surface area contributed by atoms with Crippen molar-refractivity contribution in [3.63, 3.8) is 0 Å². The third-order valence-corrected chi connectivity index (χ3v) is 6.38. The molecule has 9 heteroatoms. The van der Waals surface area contributed by atoms with Crippen molar-refractivity contribution in [3.8, 4) is 0 Å². The Morgan fingerprint density at radius 2 is 1.72 bits per heavy atom. The number of para-hydroxylation sites is 2. The number of nitrogens with one attached hydrogen (secondary N) is 1. The van der Waals surface area contributed by atoms with Gasteiger partial charge in [0, 0.05) is 13.1 Å². The molecule has 0 bridgehead atoms. The molecule has 29 heavy (non-hydrogen) atoms. The number of hydrogen-bond donors (Lipinski definition) is 1. The van der Waals surface area contributed by atoms with Crippen LogP contribution in [0.2, 0.25) is 0 Å². The Morgan fingerprint density at radius 1 is 1.07 bits per heavy atom. The van der Waals surface area contributed by atoms with E-state index in [4.69, 9.17) is 0 Å². The van der Waals surface area contributed by atoms with Gasteiger partial charge >= 0.3 is 0 Å². The number of anilines is 2. The molecule has 0 aliphatic carbocycles. The van der Waals surface area contributed by atoms with Crippen LogP contribution >= 0.6 is 0 Å². The second-order valence-corrected chi connectivity index (χ2v) is 8.60. The minimum absolute atomic E-state index is 0.129. The molecule has 0 atom stereocenters. The molecule has 0 spiro atoms. The number of carboxylic acids is 1. The lowest BCUT2D eigenvalue weighted by Crippen LogP contribution is -2.25. The van der Waals surface area contributed by atoms with Gasteiger partial charge in [-0.1, -0.05) is 24.3 Å². The molecule has 1 aromatic heterocycles. The fourth-order valence-corrected chi connectivity index (χ4v) is 4.68. The van der Waals surface area contributed by atoms with Crippen molar-refractivity contribution in [2.24, 2.45) is 0 Å². The van der Waals surface area contributed by atoms with E-state index in [0.717, 1.165) is 32.0 Å². The third-order valence-electron chi connectivity index (χ3n) is 4.90. The first-order chi connectivity index (χ1) is 13.8. The molecule has 2 heterocycles. The fourth-order valence-electron chi connectivity index (χ4n) is 3.41. The average Bonchev–Trinajstić information content (AvgIpc) is 3.21. The molecular formula is C20H19N4O4S-. The molecule has 0 unspecified atom stereocenters. The molecule has 1 aliphatic rings. The molecule has 1 saturated heterocycles. The van der Waals surface area contributed by atoms with Crippen LogP contribution in [0.3, 0.4) is 0 Å². The lowest BCUT2D eigenvalue weighted by molar-refractivity contribution is -0.255. The van der Waals surface area contributed by atoms with Crippen LogP contribution in [-0.4, -0.2) is 37.4 Å². The summed E-state index contributed by atoms with van der Waals surface area (Å²) in [6.45, 7) is 3.13. The van der Waals surface area contributed by atoms with E-state index in [9.17, 15) is 18.3 Å². The van der Waals surface area contributed by atoms with E-state index in [1.807, 2.05) is 17.0 Å². The first kappa shape index (κ1) is 19.1. The van der Waals surface area contributed by atoms with Crippen molar-refractivity contribution < 1.29 is 18.3 Å². The van der Waals surface area contributed by atoms with Crippen LogP contribution in [0.1, 0.15) is 28.8 Å². The number of nitrogens with zero attached hydrogens (tertiary/aromatic N) is 3. The van der Waals surface area contributed by atoms with Crippen molar-refractivity contribution in [2.75, 3.05) is 22.7 Å². The minimum Gasteiger partial charge on any atom is -0.545 e. The highest BCUT2D eigenvalue weighted by Gasteiger charge is 2.25. The molecule has 1 aliphatic heterocycles. The summed E-state index contributed by atoms with van der Waals surface area (Å²) in [5.74, 6) is -0.841. The zero-order valence-electron chi connectivity index (χ0n) is 15.8. The quantitative estimate of drug-likeness (QED) is 0.679. The highest BCUT2D eigenvalue weighted by molar-refractivity contribution is 7.92. The Balaban J connectivity index is 1.81. The number of sulfonamides is 1. The molecule has 0 amide bonds. The molecular weight excluding hydrogens is 392 g/mol. The maximum Gasteiger partial charge on any atom is 0.263 e. The average molecular weight is 411 g/mol. The van der Waals surface area contributed by atoms with Gasteiger partial charge in [-0.25, -0.2) is 18.4 Å². The van der Waals surface area contributed by atoms with Gasteiger partial charge < -0.3 is 14.8 Å². The van der Waals surface area contributed by atoms with Gasteiger partial charge in [0.2, 0.25) is 0 Å². The molecule has 0 radical (unpaired) electrons. The number of aromatic nitrogens is 2. The second-order valence-electron chi connectivity index (χ2n) is 6.95. The van der Waals surface area contributed by atoms with Crippen LogP contribution in [0.5, 0.6) is 0 Å². The van der Waals surface area contributed by atoms with Gasteiger partial charge in [-0.15, -0.1) is 0 Å². The topological polar surface area (TPSA) is 115 Å². The van der Waals surface area contributed by atoms with Crippen LogP contribution in [0.4, 0.5) is 11.6 Å². The van der Waals surface area contributed by atoms with E-state index >= 15 is 0 Å². The van der Waals surface area contributed by atoms with Crippen LogP contribution in [0.15, 0.2) is 47.4 Å². The van der Waals surface area contributed by atoms with E-state index in [1.54, 1.807) is 19.1 Å². The molecule has 1 N–H and O–H groups in total. The van der Waals surface area contributed by atoms with E-state index in [2.05, 4.69) is 14.7 Å². The number of fused-ring (bicyclic) bond motifs is 1. The Hall–Kier alpha value is -3.20. The molecule has 2 aromatic carbocycles. The van der Waals surface area contributed by atoms with Gasteiger partial charge in [-0.2, -0.15) is 0 Å². The maximum absolute atomic E-state index is 13.1. The lowest BCUT2D eigenvalue weighted by atomic mass is 10.1. The van der Waals surface area contributed by atoms with E-state index < -0.39 is 16.0 Å². The summed E-state index contributed by atoms with van der Waals surface area (Å²) < 4.78 is 28.7. The summed E-state index contributed by atoms with van der Waals surface area (Å²) in [6, 6.07) is 11.1. The zero-order chi connectivity index (χ0) is 20.6. The zero-order valence-corrected chi connectivity index (χ0v) is 16.6. The first-order valence-electron chi connectivity index (χ1n) is 9.22. The second kappa shape index (κ2) is 7.32. The summed E-state index contributed by atoms with van der Waals surface area (Å²) in [5.41, 5.74) is 1.44. The maximum atomic E-state index is 13.1. The first-order valence-corrected chi connectivity index (χ1v) is 10.7. The monoisotopic (exact) mass is 411 g/mol. The Morgan fingerprint density at radius 3 is 2.38 bits per heavy atom. The molecule has 4 rings (SSSR count). The molecule has 0 saturated carbocycles. The Labute approximate surface area is 168 Å². The third kappa shape index (κ3) is 3.73. The largest absolute Gasteiger partial charge is 0.545 e. The molecule has 1 fully saturated rings. The van der Waals surface area contributed by atoms with Gasteiger partial charge in [0.25, 0.3) is 10.0 Å². The van der Waals surface area contributed by atoms with E-state index in [-0.39, 0.29) is 16.3 Å². The number of carbonyl (C=O) groups is 1. The van der Waals surface area contributed by atoms with E-state index in [0.29, 0.717) is 22.4 Å². The van der Waals surface area contributed by atoms with Crippen molar-refractivity contribution in [3.05, 3.63) is 53.6 Å². The van der Waals surface area contributed by atoms with Crippen molar-refractivity contribution in [2.45, 2.75) is 24.7 Å². The smallest absolute Gasteiger partial charge is 0.263 e. The van der Waals surface area contributed by atoms with Crippen molar-refractivity contribution in [1.82, 2.24) is 9.97 Å². The van der Waals surface area contributed by atoms with Crippen LogP contribution in [-0.2, 0) is 10.0 Å². The summed E-state index contributed by atoms with van der Waals surface area (Å²) in [4.78, 5) is 22.2. The lowest BCUT2D eigenvalue weighted by Gasteiger charge is -2.21. The number of carboxylic acid groups (broad SMARTS) is 1. The van der Waals surface area contributed by atoms with Gasteiger partial charge in [0.1, 0.15) is 0 Å². The van der Waals surface area contributed by atoms with E-state index in [1.165, 1.54) is 12.1 Å². The predicted molar refractivity (Wildman–Crippen MR) is 107 cm³/mol. The summed E-state index contributed by atoms with van der Waals surface area (Å²) in [6.07, 6.45) is 1.99. The number of benzene rings is 2. The van der Waals surface area contributed by atoms with Crippen LogP contribution < -0.4 is 14.7 Å². The van der Waals surface area contributed by atoms with Crippen molar-refractivity contribution in [1.29, 1.82) is 0 Å².